The first kappa shape index (κ1) is 16.0. The van der Waals surface area contributed by atoms with E-state index >= 15 is 0 Å². The van der Waals surface area contributed by atoms with Crippen molar-refractivity contribution in [2.45, 2.75) is 39.3 Å². The number of aryl methyl sites for hydroxylation is 1. The highest BCUT2D eigenvalue weighted by Gasteiger charge is 2.36. The molecule has 1 aromatic heterocycles. The Kier molecular flexibility index (Phi) is 4.68. The highest BCUT2D eigenvalue weighted by atomic mass is 32.1. The smallest absolute Gasteiger partial charge is 0.411 e. The second-order valence-electron chi connectivity index (χ2n) is 6.04. The van der Waals surface area contributed by atoms with Crippen LogP contribution in [0.3, 0.4) is 0 Å². The Morgan fingerprint density at radius 2 is 2.10 bits per heavy atom. The molecular formula is C15H21NO4S. The van der Waals surface area contributed by atoms with E-state index in [1.54, 1.807) is 6.07 Å². The topological polar surface area (TPSA) is 55.8 Å². The first-order valence-electron chi connectivity index (χ1n) is 6.96. The molecule has 1 atom stereocenters. The number of hydrogen-bond acceptors (Lipinski definition) is 5. The van der Waals surface area contributed by atoms with Crippen LogP contribution in [-0.2, 0) is 9.47 Å². The maximum absolute atomic E-state index is 12.6. The van der Waals surface area contributed by atoms with Gasteiger partial charge in [-0.3, -0.25) is 9.69 Å². The summed E-state index contributed by atoms with van der Waals surface area (Å²) in [6.07, 6.45) is -0.461. The number of carbonyl (C=O) groups is 2. The van der Waals surface area contributed by atoms with Crippen molar-refractivity contribution in [3.05, 3.63) is 21.9 Å². The van der Waals surface area contributed by atoms with Gasteiger partial charge in [-0.1, -0.05) is 0 Å². The minimum Gasteiger partial charge on any atom is -0.444 e. The summed E-state index contributed by atoms with van der Waals surface area (Å²) in [5.41, 5.74) is -0.581. The molecule has 1 saturated heterocycles. The zero-order chi connectivity index (χ0) is 15.6. The summed E-state index contributed by atoms with van der Waals surface area (Å²) >= 11 is 1.43. The van der Waals surface area contributed by atoms with E-state index < -0.39 is 17.7 Å². The highest BCUT2D eigenvalue weighted by molar-refractivity contribution is 7.14. The summed E-state index contributed by atoms with van der Waals surface area (Å²) < 4.78 is 10.8. The number of ether oxygens (including phenoxy) is 2. The van der Waals surface area contributed by atoms with Gasteiger partial charge in [-0.05, 0) is 39.8 Å². The van der Waals surface area contributed by atoms with Gasteiger partial charge in [0.1, 0.15) is 11.6 Å². The summed E-state index contributed by atoms with van der Waals surface area (Å²) in [6.45, 7) is 8.39. The van der Waals surface area contributed by atoms with Gasteiger partial charge in [0.05, 0.1) is 18.1 Å². The lowest BCUT2D eigenvalue weighted by molar-refractivity contribution is -0.0264. The third-order valence-corrected chi connectivity index (χ3v) is 4.06. The number of rotatable bonds is 2. The molecule has 0 radical (unpaired) electrons. The Balaban J connectivity index is 2.15. The molecule has 1 aromatic rings. The van der Waals surface area contributed by atoms with E-state index in [2.05, 4.69) is 0 Å². The van der Waals surface area contributed by atoms with E-state index in [0.717, 1.165) is 4.88 Å². The molecule has 0 aromatic carbocycles. The molecule has 1 amide bonds. The van der Waals surface area contributed by atoms with Crippen molar-refractivity contribution < 1.29 is 19.1 Å². The fraction of sp³-hybridized carbons (Fsp3) is 0.600. The number of thiophene rings is 1. The van der Waals surface area contributed by atoms with Crippen molar-refractivity contribution in [1.82, 2.24) is 4.90 Å². The molecule has 21 heavy (non-hydrogen) atoms. The lowest BCUT2D eigenvalue weighted by Gasteiger charge is -2.35. The van der Waals surface area contributed by atoms with E-state index in [1.807, 2.05) is 33.8 Å². The van der Waals surface area contributed by atoms with E-state index in [1.165, 1.54) is 16.2 Å². The van der Waals surface area contributed by atoms with Crippen molar-refractivity contribution in [2.75, 3.05) is 19.8 Å². The van der Waals surface area contributed by atoms with Gasteiger partial charge in [-0.15, -0.1) is 11.3 Å². The average Bonchev–Trinajstić information content (AvgIpc) is 2.82. The van der Waals surface area contributed by atoms with E-state index in [4.69, 9.17) is 9.47 Å². The van der Waals surface area contributed by atoms with Crippen LogP contribution in [0.15, 0.2) is 12.1 Å². The lowest BCUT2D eigenvalue weighted by Crippen LogP contribution is -2.53. The Morgan fingerprint density at radius 1 is 1.38 bits per heavy atom. The van der Waals surface area contributed by atoms with E-state index in [9.17, 15) is 9.59 Å². The van der Waals surface area contributed by atoms with Crippen LogP contribution < -0.4 is 0 Å². The summed E-state index contributed by atoms with van der Waals surface area (Å²) in [7, 11) is 0. The molecule has 1 aliphatic rings. The number of nitrogens with zero attached hydrogens (tertiary/aromatic N) is 1. The van der Waals surface area contributed by atoms with Gasteiger partial charge in [-0.2, -0.15) is 0 Å². The summed E-state index contributed by atoms with van der Waals surface area (Å²) in [4.78, 5) is 28.0. The molecule has 2 heterocycles. The lowest BCUT2D eigenvalue weighted by atomic mass is 10.1. The number of carbonyl (C=O) groups excluding carboxylic acids is 2. The zero-order valence-corrected chi connectivity index (χ0v) is 13.7. The monoisotopic (exact) mass is 311 g/mol. The largest absolute Gasteiger partial charge is 0.444 e. The molecule has 6 heteroatoms. The van der Waals surface area contributed by atoms with Crippen LogP contribution >= 0.6 is 11.3 Å². The second kappa shape index (κ2) is 6.15. The fourth-order valence-corrected chi connectivity index (χ4v) is 2.95. The van der Waals surface area contributed by atoms with Crippen LogP contribution in [0.4, 0.5) is 4.79 Å². The molecular weight excluding hydrogens is 290 g/mol. The summed E-state index contributed by atoms with van der Waals surface area (Å²) in [6, 6.07) is 3.09. The molecule has 0 saturated carbocycles. The normalized spacial score (nSPS) is 19.4. The standard InChI is InChI=1S/C15H21NO4S/c1-10-5-6-12(21-10)13(17)11-9-19-8-7-16(11)14(18)20-15(2,3)4/h5-6,11H,7-9H2,1-4H3. The number of ketones is 1. The second-order valence-corrected chi connectivity index (χ2v) is 7.33. The SMILES string of the molecule is Cc1ccc(C(=O)C2COCCN2C(=O)OC(C)(C)C)s1. The first-order chi connectivity index (χ1) is 9.78. The molecule has 5 nitrogen and oxygen atoms in total. The number of hydrogen-bond donors (Lipinski definition) is 0. The van der Waals surface area contributed by atoms with Crippen molar-refractivity contribution in [1.29, 1.82) is 0 Å². The maximum Gasteiger partial charge on any atom is 0.411 e. The minimum atomic E-state index is -0.605. The van der Waals surface area contributed by atoms with Gasteiger partial charge in [0, 0.05) is 11.4 Å². The van der Waals surface area contributed by atoms with E-state index in [0.29, 0.717) is 18.0 Å². The van der Waals surface area contributed by atoms with Crippen molar-refractivity contribution >= 4 is 23.2 Å². The molecule has 1 aliphatic heterocycles. The van der Waals surface area contributed by atoms with Gasteiger partial charge in [-0.25, -0.2) is 4.79 Å². The predicted molar refractivity (Wildman–Crippen MR) is 80.9 cm³/mol. The van der Waals surface area contributed by atoms with Gasteiger partial charge < -0.3 is 9.47 Å². The molecule has 0 N–H and O–H groups in total. The third kappa shape index (κ3) is 4.04. The van der Waals surface area contributed by atoms with Crippen molar-refractivity contribution in [3.63, 3.8) is 0 Å². The number of amides is 1. The van der Waals surface area contributed by atoms with Gasteiger partial charge in [0.2, 0.25) is 0 Å². The molecule has 1 unspecified atom stereocenters. The first-order valence-corrected chi connectivity index (χ1v) is 7.77. The Morgan fingerprint density at radius 3 is 2.67 bits per heavy atom. The Bertz CT molecular complexity index is 532. The average molecular weight is 311 g/mol. The molecule has 2 rings (SSSR count). The van der Waals surface area contributed by atoms with Gasteiger partial charge in [0.15, 0.2) is 5.78 Å². The molecule has 116 valence electrons. The van der Waals surface area contributed by atoms with Gasteiger partial charge >= 0.3 is 6.09 Å². The Labute approximate surface area is 128 Å². The third-order valence-electron chi connectivity index (χ3n) is 3.04. The van der Waals surface area contributed by atoms with Crippen molar-refractivity contribution in [3.8, 4) is 0 Å². The molecule has 0 bridgehead atoms. The quantitative estimate of drug-likeness (QED) is 0.788. The maximum atomic E-state index is 12.6. The zero-order valence-electron chi connectivity index (χ0n) is 12.8. The summed E-state index contributed by atoms with van der Waals surface area (Å²) in [5.74, 6) is -0.0846. The van der Waals surface area contributed by atoms with Crippen LogP contribution in [0.25, 0.3) is 0 Å². The predicted octanol–water partition coefficient (Wildman–Crippen LogP) is 2.88. The fourth-order valence-electron chi connectivity index (χ4n) is 2.09. The van der Waals surface area contributed by atoms with Gasteiger partial charge in [0.25, 0.3) is 0 Å². The van der Waals surface area contributed by atoms with E-state index in [-0.39, 0.29) is 12.4 Å². The molecule has 0 spiro atoms. The Hall–Kier alpha value is -1.40. The summed E-state index contributed by atoms with van der Waals surface area (Å²) in [5, 5.41) is 0. The number of morpholine rings is 1. The molecule has 0 aliphatic carbocycles. The van der Waals surface area contributed by atoms with Crippen LogP contribution in [-0.4, -0.2) is 48.2 Å². The number of Topliss-reactive ketones (excluding diaryl/α,β-unsaturated/α-hetero) is 1. The van der Waals surface area contributed by atoms with Crippen LogP contribution in [0.2, 0.25) is 0 Å². The van der Waals surface area contributed by atoms with Crippen molar-refractivity contribution in [2.24, 2.45) is 0 Å². The van der Waals surface area contributed by atoms with Crippen LogP contribution in [0.5, 0.6) is 0 Å². The highest BCUT2D eigenvalue weighted by Crippen LogP contribution is 2.22. The van der Waals surface area contributed by atoms with Crippen LogP contribution in [0.1, 0.15) is 35.3 Å². The molecule has 1 fully saturated rings. The van der Waals surface area contributed by atoms with Crippen LogP contribution in [0, 0.1) is 6.92 Å². The minimum absolute atomic E-state index is 0.0846.